The molecule has 3 aromatic rings. The fourth-order valence-electron chi connectivity index (χ4n) is 4.50. The number of rotatable bonds is 5. The zero-order chi connectivity index (χ0) is 23.5. The van der Waals surface area contributed by atoms with Crippen molar-refractivity contribution >= 4 is 34.4 Å². The summed E-state index contributed by atoms with van der Waals surface area (Å²) < 4.78 is 0. The molecule has 2 N–H and O–H groups in total. The van der Waals surface area contributed by atoms with Crippen LogP contribution in [0.2, 0.25) is 0 Å². The molecule has 1 aliphatic heterocycles. The average Bonchev–Trinajstić information content (AvgIpc) is 3.20. The van der Waals surface area contributed by atoms with Crippen LogP contribution in [0, 0.1) is 0 Å². The van der Waals surface area contributed by atoms with Crippen LogP contribution < -0.4 is 10.2 Å². The maximum Gasteiger partial charge on any atom is 0.248 e. The average molecular weight is 445 g/mol. The molecule has 33 heavy (non-hydrogen) atoms. The summed E-state index contributed by atoms with van der Waals surface area (Å²) in [5, 5.41) is 3.68. The largest absolute Gasteiger partial charge is 0.352 e. The van der Waals surface area contributed by atoms with Crippen molar-refractivity contribution in [1.82, 2.24) is 19.9 Å². The molecule has 170 valence electrons. The predicted octanol–water partition coefficient (Wildman–Crippen LogP) is 3.75. The quantitative estimate of drug-likeness (QED) is 0.462. The molecule has 8 nitrogen and oxygen atoms in total. The summed E-state index contributed by atoms with van der Waals surface area (Å²) in [6.07, 6.45) is 8.03. The Morgan fingerprint density at radius 3 is 2.70 bits per heavy atom. The van der Waals surface area contributed by atoms with Crippen molar-refractivity contribution in [3.63, 3.8) is 0 Å². The minimum Gasteiger partial charge on any atom is -0.352 e. The van der Waals surface area contributed by atoms with Gasteiger partial charge in [-0.3, -0.25) is 9.59 Å². The van der Waals surface area contributed by atoms with E-state index in [1.807, 2.05) is 35.4 Å². The summed E-state index contributed by atoms with van der Waals surface area (Å²) >= 11 is 0. The number of nitrogens with one attached hydrogen (secondary N) is 2. The molecule has 0 bridgehead atoms. The number of amides is 2. The van der Waals surface area contributed by atoms with Crippen molar-refractivity contribution < 1.29 is 9.59 Å². The van der Waals surface area contributed by atoms with Crippen LogP contribution in [0.4, 0.5) is 11.5 Å². The maximum atomic E-state index is 12.0. The Morgan fingerprint density at radius 2 is 2.00 bits per heavy atom. The second-order valence-corrected chi connectivity index (χ2v) is 8.32. The highest BCUT2D eigenvalue weighted by molar-refractivity contribution is 6.01. The molecule has 0 radical (unpaired) electrons. The second kappa shape index (κ2) is 9.28. The topological polar surface area (TPSA) is 94.2 Å². The van der Waals surface area contributed by atoms with Crippen LogP contribution in [0.3, 0.4) is 0 Å². The molecule has 0 aromatic carbocycles. The number of aromatic nitrogens is 3. The van der Waals surface area contributed by atoms with E-state index < -0.39 is 0 Å². The van der Waals surface area contributed by atoms with Gasteiger partial charge in [-0.2, -0.15) is 0 Å². The second-order valence-electron chi connectivity index (χ2n) is 8.32. The van der Waals surface area contributed by atoms with Crippen LogP contribution in [0.15, 0.2) is 61.5 Å². The lowest BCUT2D eigenvalue weighted by molar-refractivity contribution is -0.133. The molecule has 1 saturated heterocycles. The summed E-state index contributed by atoms with van der Waals surface area (Å²) in [5.74, 6) is 0.725. The first kappa shape index (κ1) is 22.3. The van der Waals surface area contributed by atoms with Crippen LogP contribution >= 0.6 is 0 Å². The summed E-state index contributed by atoms with van der Waals surface area (Å²) in [6.45, 7) is 10.8. The van der Waals surface area contributed by atoms with E-state index in [-0.39, 0.29) is 23.9 Å². The van der Waals surface area contributed by atoms with E-state index in [1.165, 1.54) is 6.08 Å². The summed E-state index contributed by atoms with van der Waals surface area (Å²) in [5.41, 5.74) is 3.03. The molecule has 0 saturated carbocycles. The molecule has 0 unspecified atom stereocenters. The first-order valence-electron chi connectivity index (χ1n) is 11.0. The van der Waals surface area contributed by atoms with Crippen LogP contribution in [-0.2, 0) is 9.59 Å². The maximum absolute atomic E-state index is 12.0. The van der Waals surface area contributed by atoms with Crippen molar-refractivity contribution in [2.75, 3.05) is 23.3 Å². The van der Waals surface area contributed by atoms with Gasteiger partial charge in [0.15, 0.2) is 0 Å². The summed E-state index contributed by atoms with van der Waals surface area (Å²) in [7, 11) is 0. The van der Waals surface area contributed by atoms with Crippen molar-refractivity contribution in [2.45, 2.75) is 32.9 Å². The lowest BCUT2D eigenvalue weighted by atomic mass is 10.1. The van der Waals surface area contributed by atoms with Crippen molar-refractivity contribution in [3.8, 4) is 11.3 Å². The van der Waals surface area contributed by atoms with Gasteiger partial charge in [0.1, 0.15) is 11.5 Å². The van der Waals surface area contributed by atoms with Crippen molar-refractivity contribution in [1.29, 1.82) is 0 Å². The van der Waals surface area contributed by atoms with Crippen LogP contribution in [-0.4, -0.2) is 56.8 Å². The number of carbonyl (C=O) groups is 2. The van der Waals surface area contributed by atoms with Crippen molar-refractivity contribution in [2.24, 2.45) is 0 Å². The number of carbonyl (C=O) groups excluding carboxylic acids is 2. The number of fused-ring (bicyclic) bond motifs is 1. The van der Waals surface area contributed by atoms with Crippen LogP contribution in [0.1, 0.15) is 20.8 Å². The number of nitrogens with zero attached hydrogens (tertiary/aromatic N) is 4. The standard InChI is InChI=1S/C25H28N6O2/c1-5-6-10-24(33)28-19-11-20-21(13-27-25(20)26-12-19)22-8-7-9-23(29-22)30-14-16(2)31(18(4)32)17(3)15-30/h5-13,16-17H,1,14-15H2,2-4H3,(H,26,27)(H,28,33)/b10-6+/t16-,17+. The van der Waals surface area contributed by atoms with E-state index in [2.05, 4.69) is 40.6 Å². The number of aromatic amines is 1. The van der Waals surface area contributed by atoms with Gasteiger partial charge in [0, 0.05) is 55.3 Å². The Morgan fingerprint density at radius 1 is 1.24 bits per heavy atom. The molecule has 4 rings (SSSR count). The Hall–Kier alpha value is -3.94. The fourth-order valence-corrected chi connectivity index (χ4v) is 4.50. The third-order valence-electron chi connectivity index (χ3n) is 5.80. The molecule has 2 amide bonds. The van der Waals surface area contributed by atoms with Gasteiger partial charge in [0.2, 0.25) is 11.8 Å². The van der Waals surface area contributed by atoms with Gasteiger partial charge in [-0.1, -0.05) is 24.8 Å². The van der Waals surface area contributed by atoms with Gasteiger partial charge in [0.05, 0.1) is 17.6 Å². The zero-order valence-corrected chi connectivity index (χ0v) is 19.1. The van der Waals surface area contributed by atoms with E-state index >= 15 is 0 Å². The Balaban J connectivity index is 1.62. The lowest BCUT2D eigenvalue weighted by Gasteiger charge is -2.44. The molecule has 2 atom stereocenters. The Labute approximate surface area is 193 Å². The highest BCUT2D eigenvalue weighted by Gasteiger charge is 2.31. The molecule has 4 heterocycles. The first-order valence-corrected chi connectivity index (χ1v) is 11.0. The number of H-pyrrole nitrogens is 1. The summed E-state index contributed by atoms with van der Waals surface area (Å²) in [6, 6.07) is 8.05. The van der Waals surface area contributed by atoms with Gasteiger partial charge in [-0.15, -0.1) is 0 Å². The zero-order valence-electron chi connectivity index (χ0n) is 19.1. The van der Waals surface area contributed by atoms with Gasteiger partial charge >= 0.3 is 0 Å². The van der Waals surface area contributed by atoms with Gasteiger partial charge in [-0.25, -0.2) is 9.97 Å². The van der Waals surface area contributed by atoms with Crippen molar-refractivity contribution in [3.05, 3.63) is 61.5 Å². The number of hydrogen-bond donors (Lipinski definition) is 2. The number of piperazine rings is 1. The number of pyridine rings is 2. The number of hydrogen-bond acceptors (Lipinski definition) is 5. The molecule has 1 fully saturated rings. The number of anilines is 2. The van der Waals surface area contributed by atoms with E-state index in [9.17, 15) is 9.59 Å². The van der Waals surface area contributed by atoms with E-state index in [4.69, 9.17) is 4.98 Å². The smallest absolute Gasteiger partial charge is 0.248 e. The molecule has 1 aliphatic rings. The Kier molecular flexibility index (Phi) is 6.26. The molecule has 8 heteroatoms. The van der Waals surface area contributed by atoms with Crippen LogP contribution in [0.25, 0.3) is 22.3 Å². The SMILES string of the molecule is C=C/C=C/C(=O)Nc1cnc2[nH]cc(-c3cccc(N4C[C@@H](C)N(C(C)=O)[C@@H](C)C4)n3)c2c1. The number of allylic oxidation sites excluding steroid dienone is 2. The molecule has 0 spiro atoms. The van der Waals surface area contributed by atoms with E-state index in [1.54, 1.807) is 25.3 Å². The lowest BCUT2D eigenvalue weighted by Crippen LogP contribution is -2.58. The summed E-state index contributed by atoms with van der Waals surface area (Å²) in [4.78, 5) is 40.7. The highest BCUT2D eigenvalue weighted by atomic mass is 16.2. The third kappa shape index (κ3) is 4.64. The first-order chi connectivity index (χ1) is 15.9. The van der Waals surface area contributed by atoms with Gasteiger partial charge in [-0.05, 0) is 32.0 Å². The molecular weight excluding hydrogens is 416 g/mol. The fraction of sp³-hybridized carbons (Fsp3) is 0.280. The third-order valence-corrected chi connectivity index (χ3v) is 5.80. The molecule has 3 aromatic heterocycles. The monoisotopic (exact) mass is 444 g/mol. The Bertz CT molecular complexity index is 1220. The van der Waals surface area contributed by atoms with E-state index in [0.29, 0.717) is 11.3 Å². The van der Waals surface area contributed by atoms with Gasteiger partial charge in [0.25, 0.3) is 0 Å². The predicted molar refractivity (Wildman–Crippen MR) is 131 cm³/mol. The highest BCUT2D eigenvalue weighted by Crippen LogP contribution is 2.30. The minimum atomic E-state index is -0.249. The van der Waals surface area contributed by atoms with Gasteiger partial charge < -0.3 is 20.1 Å². The van der Waals surface area contributed by atoms with Crippen LogP contribution in [0.5, 0.6) is 0 Å². The molecular formula is C25H28N6O2. The normalized spacial score (nSPS) is 18.6. The van der Waals surface area contributed by atoms with E-state index in [0.717, 1.165) is 35.6 Å². The molecule has 0 aliphatic carbocycles. The minimum absolute atomic E-state index is 0.102.